The third-order valence-electron chi connectivity index (χ3n) is 4.67. The minimum atomic E-state index is -3.56. The van der Waals surface area contributed by atoms with Gasteiger partial charge in [0.05, 0.1) is 17.9 Å². The molecule has 3 rings (SSSR count). The fourth-order valence-corrected chi connectivity index (χ4v) is 5.17. The summed E-state index contributed by atoms with van der Waals surface area (Å²) >= 11 is 7.12. The van der Waals surface area contributed by atoms with Crippen molar-refractivity contribution in [2.45, 2.75) is 24.8 Å². The van der Waals surface area contributed by atoms with Gasteiger partial charge in [-0.2, -0.15) is 5.26 Å². The number of sulfone groups is 1. The topological polar surface area (TPSA) is 131 Å². The van der Waals surface area contributed by atoms with Crippen LogP contribution in [-0.2, 0) is 21.2 Å². The Kier molecular flexibility index (Phi) is 8.45. The molecule has 1 amide bonds. The Labute approximate surface area is 211 Å². The van der Waals surface area contributed by atoms with E-state index in [1.807, 2.05) is 37.3 Å². The molecule has 0 fully saturated rings. The summed E-state index contributed by atoms with van der Waals surface area (Å²) in [7, 11) is -2.10. The quantitative estimate of drug-likeness (QED) is 0.243. The molecule has 0 radical (unpaired) electrons. The van der Waals surface area contributed by atoms with Crippen LogP contribution in [0.3, 0.4) is 0 Å². The van der Waals surface area contributed by atoms with Crippen molar-refractivity contribution in [3.8, 4) is 17.6 Å². The number of ether oxygens (including phenoxy) is 2. The van der Waals surface area contributed by atoms with E-state index in [0.29, 0.717) is 28.4 Å². The molecule has 0 aliphatic carbocycles. The lowest BCUT2D eigenvalue weighted by molar-refractivity contribution is -0.112. The maximum absolute atomic E-state index is 12.6. The molecule has 0 saturated heterocycles. The van der Waals surface area contributed by atoms with Crippen LogP contribution in [-0.4, -0.2) is 37.4 Å². The molecule has 35 heavy (non-hydrogen) atoms. The molecule has 0 saturated carbocycles. The number of nitrogens with one attached hydrogen (secondary N) is 1. The predicted octanol–water partition coefficient (Wildman–Crippen LogP) is 4.43. The van der Waals surface area contributed by atoms with E-state index in [-0.39, 0.29) is 32.4 Å². The first-order valence-electron chi connectivity index (χ1n) is 10.2. The molecule has 3 aromatic rings. The first-order chi connectivity index (χ1) is 16.7. The van der Waals surface area contributed by atoms with Gasteiger partial charge < -0.3 is 9.47 Å². The van der Waals surface area contributed by atoms with Crippen LogP contribution in [0.15, 0.2) is 46.3 Å². The summed E-state index contributed by atoms with van der Waals surface area (Å²) < 4.78 is 34.8. The van der Waals surface area contributed by atoms with Crippen molar-refractivity contribution in [3.63, 3.8) is 0 Å². The molecule has 0 bridgehead atoms. The normalized spacial score (nSPS) is 11.6. The van der Waals surface area contributed by atoms with Crippen molar-refractivity contribution in [3.05, 3.63) is 63.7 Å². The summed E-state index contributed by atoms with van der Waals surface area (Å²) in [4.78, 5) is 12.6. The summed E-state index contributed by atoms with van der Waals surface area (Å²) in [6, 6.07) is 12.8. The van der Waals surface area contributed by atoms with Gasteiger partial charge in [-0.25, -0.2) is 8.42 Å². The lowest BCUT2D eigenvalue weighted by atomic mass is 10.1. The predicted molar refractivity (Wildman–Crippen MR) is 133 cm³/mol. The number of hydrogen-bond acceptors (Lipinski definition) is 9. The number of amides is 1. The first kappa shape index (κ1) is 26.2. The highest BCUT2D eigenvalue weighted by molar-refractivity contribution is 7.93. The second-order valence-electron chi connectivity index (χ2n) is 7.21. The van der Waals surface area contributed by atoms with Crippen molar-refractivity contribution in [1.82, 2.24) is 10.2 Å². The number of halogens is 1. The van der Waals surface area contributed by atoms with Crippen LogP contribution >= 0.6 is 22.9 Å². The number of benzene rings is 2. The molecular weight excluding hydrogens is 512 g/mol. The molecular formula is C23H21ClN4O5S2. The Morgan fingerprint density at radius 3 is 2.71 bits per heavy atom. The Morgan fingerprint density at radius 1 is 1.29 bits per heavy atom. The zero-order valence-corrected chi connectivity index (χ0v) is 21.4. The van der Waals surface area contributed by atoms with Crippen LogP contribution < -0.4 is 14.8 Å². The van der Waals surface area contributed by atoms with Gasteiger partial charge in [0.2, 0.25) is 19.3 Å². The zero-order chi connectivity index (χ0) is 25.6. The highest BCUT2D eigenvalue weighted by atomic mass is 35.5. The third kappa shape index (κ3) is 6.57. The Morgan fingerprint density at radius 2 is 2.06 bits per heavy atom. The minimum absolute atomic E-state index is 0.0429. The van der Waals surface area contributed by atoms with Crippen LogP contribution in [0, 0.1) is 18.3 Å². The van der Waals surface area contributed by atoms with Crippen LogP contribution in [0.2, 0.25) is 5.02 Å². The molecule has 0 unspecified atom stereocenters. The molecule has 1 aromatic heterocycles. The maximum atomic E-state index is 12.6. The van der Waals surface area contributed by atoms with E-state index >= 15 is 0 Å². The van der Waals surface area contributed by atoms with E-state index in [2.05, 4.69) is 15.5 Å². The van der Waals surface area contributed by atoms with Gasteiger partial charge in [0.1, 0.15) is 18.2 Å². The van der Waals surface area contributed by atoms with Gasteiger partial charge in [0.15, 0.2) is 11.5 Å². The number of carbonyl (C=O) groups is 1. The van der Waals surface area contributed by atoms with E-state index in [4.69, 9.17) is 21.1 Å². The first-order valence-corrected chi connectivity index (χ1v) is 13.1. The lowest BCUT2D eigenvalue weighted by Gasteiger charge is -2.14. The number of anilines is 1. The second kappa shape index (κ2) is 11.3. The monoisotopic (exact) mass is 532 g/mol. The average molecular weight is 533 g/mol. The fourth-order valence-electron chi connectivity index (χ4n) is 2.91. The van der Waals surface area contributed by atoms with Crippen LogP contribution in [0.1, 0.15) is 23.6 Å². The number of aryl methyl sites for hydroxylation is 1. The van der Waals surface area contributed by atoms with Crippen LogP contribution in [0.5, 0.6) is 11.5 Å². The van der Waals surface area contributed by atoms with Crippen molar-refractivity contribution < 1.29 is 22.7 Å². The standard InChI is InChI=1S/C23H21ClN4O5S2/c1-4-35(30,31)23-28-27-22(34-23)26-21(29)17(12-25)9-16-10-18(24)20(19(11-16)32-3)33-13-15-7-5-6-14(2)8-15/h5-11H,4,13H2,1-3H3,(H,26,27,29)/b17-9-. The molecule has 0 aliphatic rings. The highest BCUT2D eigenvalue weighted by Crippen LogP contribution is 2.37. The smallest absolute Gasteiger partial charge is 0.268 e. The van der Waals surface area contributed by atoms with Crippen molar-refractivity contribution in [2.75, 3.05) is 18.2 Å². The molecule has 1 heterocycles. The molecule has 1 N–H and O–H groups in total. The van der Waals surface area contributed by atoms with E-state index in [0.717, 1.165) is 11.1 Å². The number of hydrogen-bond donors (Lipinski definition) is 1. The van der Waals surface area contributed by atoms with Gasteiger partial charge in [-0.05, 0) is 36.3 Å². The number of nitriles is 1. The zero-order valence-electron chi connectivity index (χ0n) is 19.0. The summed E-state index contributed by atoms with van der Waals surface area (Å²) in [5, 5.41) is 19.3. The number of carbonyl (C=O) groups excluding carboxylic acids is 1. The van der Waals surface area contributed by atoms with Gasteiger partial charge in [-0.3, -0.25) is 10.1 Å². The summed E-state index contributed by atoms with van der Waals surface area (Å²) in [6.45, 7) is 3.73. The van der Waals surface area contributed by atoms with E-state index in [1.54, 1.807) is 6.07 Å². The molecule has 9 nitrogen and oxygen atoms in total. The maximum Gasteiger partial charge on any atom is 0.268 e. The number of rotatable bonds is 9. The molecule has 2 aromatic carbocycles. The molecule has 12 heteroatoms. The Hall–Kier alpha value is -3.46. The van der Waals surface area contributed by atoms with Gasteiger partial charge in [0.25, 0.3) is 5.91 Å². The summed E-state index contributed by atoms with van der Waals surface area (Å²) in [5.74, 6) is -0.271. The van der Waals surface area contributed by atoms with E-state index in [1.165, 1.54) is 26.2 Å². The Balaban J connectivity index is 1.80. The minimum Gasteiger partial charge on any atom is -0.493 e. The van der Waals surface area contributed by atoms with Crippen LogP contribution in [0.25, 0.3) is 6.08 Å². The largest absolute Gasteiger partial charge is 0.493 e. The van der Waals surface area contributed by atoms with Gasteiger partial charge in [-0.1, -0.05) is 59.7 Å². The molecule has 0 atom stereocenters. The molecule has 182 valence electrons. The van der Waals surface area contributed by atoms with Crippen LogP contribution in [0.4, 0.5) is 5.13 Å². The van der Waals surface area contributed by atoms with Crippen molar-refractivity contribution in [2.24, 2.45) is 0 Å². The lowest BCUT2D eigenvalue weighted by Crippen LogP contribution is -2.13. The van der Waals surface area contributed by atoms with Crippen molar-refractivity contribution in [1.29, 1.82) is 5.26 Å². The SMILES string of the molecule is CCS(=O)(=O)c1nnc(NC(=O)/C(C#N)=C\c2cc(Cl)c(OCc3cccc(C)c3)c(OC)c2)s1. The summed E-state index contributed by atoms with van der Waals surface area (Å²) in [5.41, 5.74) is 2.23. The fraction of sp³-hybridized carbons (Fsp3) is 0.217. The average Bonchev–Trinajstić information content (AvgIpc) is 3.30. The van der Waals surface area contributed by atoms with E-state index < -0.39 is 15.7 Å². The van der Waals surface area contributed by atoms with Gasteiger partial charge >= 0.3 is 0 Å². The third-order valence-corrected chi connectivity index (χ3v) is 7.97. The second-order valence-corrected chi connectivity index (χ2v) is 11.0. The Bertz CT molecular complexity index is 1430. The molecule has 0 spiro atoms. The number of methoxy groups -OCH3 is 1. The highest BCUT2D eigenvalue weighted by Gasteiger charge is 2.20. The van der Waals surface area contributed by atoms with Gasteiger partial charge in [0, 0.05) is 0 Å². The summed E-state index contributed by atoms with van der Waals surface area (Å²) in [6.07, 6.45) is 1.32. The molecule has 0 aliphatic heterocycles. The number of nitrogens with zero attached hydrogens (tertiary/aromatic N) is 3. The van der Waals surface area contributed by atoms with Crippen molar-refractivity contribution >= 4 is 49.9 Å². The number of aromatic nitrogens is 2. The van der Waals surface area contributed by atoms with E-state index in [9.17, 15) is 18.5 Å². The van der Waals surface area contributed by atoms with Gasteiger partial charge in [-0.15, -0.1) is 10.2 Å².